The fourth-order valence-corrected chi connectivity index (χ4v) is 4.42. The Morgan fingerprint density at radius 1 is 1.09 bits per heavy atom. The Hall–Kier alpha value is -2.41. The zero-order chi connectivity index (χ0) is 24.7. The van der Waals surface area contributed by atoms with E-state index in [1.807, 2.05) is 42.5 Å². The second-order valence-corrected chi connectivity index (χ2v) is 9.17. The maximum absolute atomic E-state index is 12.5. The van der Waals surface area contributed by atoms with Crippen molar-refractivity contribution in [3.63, 3.8) is 0 Å². The van der Waals surface area contributed by atoms with Crippen molar-refractivity contribution in [3.05, 3.63) is 74.7 Å². The number of hydrogen-bond donors (Lipinski definition) is 1. The molecule has 1 unspecified atom stereocenters. The van der Waals surface area contributed by atoms with Crippen molar-refractivity contribution in [2.24, 2.45) is 5.92 Å². The number of benzene rings is 2. The SMILES string of the molecule is COc1ccc(CC(C)CCC(=O)NCc2nc(Cl)c(Cl)n2Cc2ccccc2)c(Cl)c1OC. The molecule has 3 rings (SSSR count). The van der Waals surface area contributed by atoms with Gasteiger partial charge in [-0.2, -0.15) is 0 Å². The number of carbonyl (C=O) groups excluding carboxylic acids is 1. The number of nitrogens with one attached hydrogen (secondary N) is 1. The first-order valence-electron chi connectivity index (χ1n) is 10.9. The summed E-state index contributed by atoms with van der Waals surface area (Å²) in [5.74, 6) is 1.90. The van der Waals surface area contributed by atoms with E-state index in [9.17, 15) is 4.79 Å². The largest absolute Gasteiger partial charge is 0.493 e. The quantitative estimate of drug-likeness (QED) is 0.325. The second kappa shape index (κ2) is 12.3. The van der Waals surface area contributed by atoms with Crippen molar-refractivity contribution in [3.8, 4) is 11.5 Å². The van der Waals surface area contributed by atoms with E-state index in [4.69, 9.17) is 44.3 Å². The Labute approximate surface area is 215 Å². The number of aromatic nitrogens is 2. The maximum Gasteiger partial charge on any atom is 0.220 e. The summed E-state index contributed by atoms with van der Waals surface area (Å²) in [6.07, 6.45) is 1.81. The first-order valence-corrected chi connectivity index (χ1v) is 12.1. The Kier molecular flexibility index (Phi) is 9.51. The van der Waals surface area contributed by atoms with E-state index >= 15 is 0 Å². The topological polar surface area (TPSA) is 65.4 Å². The molecule has 1 aromatic heterocycles. The van der Waals surface area contributed by atoms with Crippen LogP contribution in [0.5, 0.6) is 11.5 Å². The van der Waals surface area contributed by atoms with Crippen LogP contribution in [0.4, 0.5) is 0 Å². The van der Waals surface area contributed by atoms with Crippen molar-refractivity contribution in [1.29, 1.82) is 0 Å². The molecule has 0 fully saturated rings. The van der Waals surface area contributed by atoms with Crippen LogP contribution in [0.15, 0.2) is 42.5 Å². The predicted molar refractivity (Wildman–Crippen MR) is 136 cm³/mol. The van der Waals surface area contributed by atoms with Crippen molar-refractivity contribution in [1.82, 2.24) is 14.9 Å². The lowest BCUT2D eigenvalue weighted by molar-refractivity contribution is -0.121. The van der Waals surface area contributed by atoms with Gasteiger partial charge in [0.05, 0.1) is 32.3 Å². The lowest BCUT2D eigenvalue weighted by Crippen LogP contribution is -2.25. The van der Waals surface area contributed by atoms with Crippen LogP contribution in [0.3, 0.4) is 0 Å². The van der Waals surface area contributed by atoms with Crippen LogP contribution in [-0.4, -0.2) is 29.7 Å². The molecule has 0 saturated heterocycles. The van der Waals surface area contributed by atoms with Gasteiger partial charge >= 0.3 is 0 Å². The van der Waals surface area contributed by atoms with Crippen LogP contribution in [-0.2, 0) is 24.3 Å². The van der Waals surface area contributed by atoms with Crippen LogP contribution >= 0.6 is 34.8 Å². The molecule has 1 heterocycles. The average Bonchev–Trinajstić information content (AvgIpc) is 3.10. The number of nitrogens with zero attached hydrogens (tertiary/aromatic N) is 2. The molecule has 1 amide bonds. The Morgan fingerprint density at radius 3 is 2.50 bits per heavy atom. The van der Waals surface area contributed by atoms with Crippen molar-refractivity contribution in [2.45, 2.75) is 39.3 Å². The van der Waals surface area contributed by atoms with Crippen LogP contribution in [0.25, 0.3) is 0 Å². The molecule has 2 aromatic carbocycles. The lowest BCUT2D eigenvalue weighted by atomic mass is 9.96. The van der Waals surface area contributed by atoms with Gasteiger partial charge in [-0.1, -0.05) is 78.1 Å². The van der Waals surface area contributed by atoms with E-state index in [1.165, 1.54) is 0 Å². The summed E-state index contributed by atoms with van der Waals surface area (Å²) in [6.45, 7) is 2.86. The minimum absolute atomic E-state index is 0.0632. The predicted octanol–water partition coefficient (Wildman–Crippen LogP) is 6.18. The van der Waals surface area contributed by atoms with E-state index in [1.54, 1.807) is 18.8 Å². The average molecular weight is 525 g/mol. The fourth-order valence-electron chi connectivity index (χ4n) is 3.71. The number of carbonyl (C=O) groups is 1. The summed E-state index contributed by atoms with van der Waals surface area (Å²) < 4.78 is 12.5. The zero-order valence-electron chi connectivity index (χ0n) is 19.4. The van der Waals surface area contributed by atoms with Gasteiger partial charge in [-0.05, 0) is 36.0 Å². The Balaban J connectivity index is 1.54. The number of amides is 1. The smallest absolute Gasteiger partial charge is 0.220 e. The molecule has 1 N–H and O–H groups in total. The summed E-state index contributed by atoms with van der Waals surface area (Å²) in [7, 11) is 3.14. The highest BCUT2D eigenvalue weighted by Crippen LogP contribution is 2.38. The summed E-state index contributed by atoms with van der Waals surface area (Å²) in [4.78, 5) is 16.8. The molecule has 3 aromatic rings. The summed E-state index contributed by atoms with van der Waals surface area (Å²) in [5, 5.41) is 4.05. The first-order chi connectivity index (χ1) is 16.3. The summed E-state index contributed by atoms with van der Waals surface area (Å²) in [5.41, 5.74) is 2.02. The Bertz CT molecular complexity index is 1120. The molecule has 1 atom stereocenters. The number of halogens is 3. The Morgan fingerprint density at radius 2 is 1.82 bits per heavy atom. The third-order valence-electron chi connectivity index (χ3n) is 5.57. The van der Waals surface area contributed by atoms with Gasteiger partial charge in [0.15, 0.2) is 16.7 Å². The normalized spacial score (nSPS) is 11.8. The van der Waals surface area contributed by atoms with Gasteiger partial charge in [-0.25, -0.2) is 4.98 Å². The second-order valence-electron chi connectivity index (χ2n) is 8.08. The molecule has 0 aliphatic carbocycles. The third-order valence-corrected chi connectivity index (χ3v) is 6.73. The fraction of sp³-hybridized carbons (Fsp3) is 0.360. The highest BCUT2D eigenvalue weighted by Gasteiger charge is 2.17. The number of ether oxygens (including phenoxy) is 2. The van der Waals surface area contributed by atoms with E-state index < -0.39 is 0 Å². The molecule has 34 heavy (non-hydrogen) atoms. The summed E-state index contributed by atoms with van der Waals surface area (Å²) in [6, 6.07) is 13.6. The molecular weight excluding hydrogens is 497 g/mol. The van der Waals surface area contributed by atoms with Crippen LogP contribution < -0.4 is 14.8 Å². The minimum atomic E-state index is -0.0632. The third kappa shape index (κ3) is 6.59. The molecule has 0 radical (unpaired) electrons. The number of rotatable bonds is 11. The molecular formula is C25H28Cl3N3O3. The van der Waals surface area contributed by atoms with Gasteiger partial charge in [0.25, 0.3) is 0 Å². The molecule has 9 heteroatoms. The molecule has 0 spiro atoms. The van der Waals surface area contributed by atoms with Gasteiger partial charge in [-0.15, -0.1) is 0 Å². The first kappa shape index (κ1) is 26.2. The van der Waals surface area contributed by atoms with E-state index in [-0.39, 0.29) is 23.5 Å². The molecule has 0 bridgehead atoms. The molecule has 6 nitrogen and oxygen atoms in total. The minimum Gasteiger partial charge on any atom is -0.493 e. The summed E-state index contributed by atoms with van der Waals surface area (Å²) >= 11 is 19.0. The van der Waals surface area contributed by atoms with E-state index in [2.05, 4.69) is 17.2 Å². The van der Waals surface area contributed by atoms with E-state index in [0.717, 1.165) is 17.5 Å². The van der Waals surface area contributed by atoms with Crippen LogP contribution in [0, 0.1) is 5.92 Å². The van der Waals surface area contributed by atoms with Gasteiger partial charge in [-0.3, -0.25) is 4.79 Å². The van der Waals surface area contributed by atoms with Crippen LogP contribution in [0.2, 0.25) is 15.3 Å². The van der Waals surface area contributed by atoms with Gasteiger partial charge < -0.3 is 19.4 Å². The van der Waals surface area contributed by atoms with Crippen LogP contribution in [0.1, 0.15) is 36.7 Å². The van der Waals surface area contributed by atoms with E-state index in [0.29, 0.717) is 46.9 Å². The highest BCUT2D eigenvalue weighted by molar-refractivity contribution is 6.40. The van der Waals surface area contributed by atoms with Crippen molar-refractivity contribution < 1.29 is 14.3 Å². The maximum atomic E-state index is 12.5. The number of hydrogen-bond acceptors (Lipinski definition) is 4. The van der Waals surface area contributed by atoms with Crippen molar-refractivity contribution in [2.75, 3.05) is 14.2 Å². The van der Waals surface area contributed by atoms with Crippen molar-refractivity contribution >= 4 is 40.7 Å². The van der Waals surface area contributed by atoms with Gasteiger partial charge in [0.1, 0.15) is 11.0 Å². The number of methoxy groups -OCH3 is 2. The molecule has 0 saturated carbocycles. The van der Waals surface area contributed by atoms with Gasteiger partial charge in [0.2, 0.25) is 5.91 Å². The number of imidazole rings is 1. The van der Waals surface area contributed by atoms with Gasteiger partial charge in [0, 0.05) is 6.42 Å². The molecule has 0 aliphatic heterocycles. The lowest BCUT2D eigenvalue weighted by Gasteiger charge is -2.16. The molecule has 0 aliphatic rings. The standard InChI is InChI=1S/C25H28Cl3N3O3/c1-16(13-18-10-11-19(33-2)23(34-3)22(18)26)9-12-21(32)29-14-20-30-24(27)25(28)31(20)15-17-7-5-4-6-8-17/h4-8,10-11,16H,9,12-15H2,1-3H3,(H,29,32). The molecule has 182 valence electrons. The highest BCUT2D eigenvalue weighted by atomic mass is 35.5. The zero-order valence-corrected chi connectivity index (χ0v) is 21.7. The monoisotopic (exact) mass is 523 g/mol.